The molecule has 1 aromatic carbocycles. The van der Waals surface area contributed by atoms with Gasteiger partial charge in [0.2, 0.25) is 0 Å². The average molecular weight is 398 g/mol. The average Bonchev–Trinajstić information content (AvgIpc) is 3.18. The van der Waals surface area contributed by atoms with Gasteiger partial charge >= 0.3 is 0 Å². The van der Waals surface area contributed by atoms with E-state index in [9.17, 15) is 0 Å². The van der Waals surface area contributed by atoms with Crippen molar-refractivity contribution in [2.45, 2.75) is 65.6 Å². The van der Waals surface area contributed by atoms with E-state index in [-0.39, 0.29) is 0 Å². The van der Waals surface area contributed by atoms with E-state index in [2.05, 4.69) is 70.7 Å². The van der Waals surface area contributed by atoms with Gasteiger partial charge in [0.15, 0.2) is 5.96 Å². The van der Waals surface area contributed by atoms with Crippen molar-refractivity contribution in [3.05, 3.63) is 52.4 Å². The Morgan fingerprint density at radius 2 is 1.97 bits per heavy atom. The zero-order valence-electron chi connectivity index (χ0n) is 18.3. The standard InChI is InChI=1S/C23H35N5O/c1-5-19(28-13-12-17-10-8-9-11-18(17)16-28)14-25-23(24-4)26-15-20-21(6-2)27-29-22(20)7-3/h8-11,19H,5-7,12-16H2,1-4H3,(H2,24,25,26). The van der Waals surface area contributed by atoms with Gasteiger partial charge in [-0.2, -0.15) is 0 Å². The van der Waals surface area contributed by atoms with Gasteiger partial charge in [-0.1, -0.05) is 50.2 Å². The lowest BCUT2D eigenvalue weighted by Gasteiger charge is -2.35. The summed E-state index contributed by atoms with van der Waals surface area (Å²) < 4.78 is 5.47. The van der Waals surface area contributed by atoms with Crippen LogP contribution in [0.4, 0.5) is 0 Å². The summed E-state index contributed by atoms with van der Waals surface area (Å²) in [6.07, 6.45) is 3.97. The molecule has 6 heteroatoms. The second kappa shape index (κ2) is 10.4. The summed E-state index contributed by atoms with van der Waals surface area (Å²) in [6, 6.07) is 9.30. The van der Waals surface area contributed by atoms with Crippen LogP contribution in [0.5, 0.6) is 0 Å². The Kier molecular flexibility index (Phi) is 7.69. The smallest absolute Gasteiger partial charge is 0.191 e. The SMILES string of the molecule is CCc1noc(CC)c1CNC(=NC)NCC(CC)N1CCc2ccccc2C1. The molecule has 0 spiro atoms. The van der Waals surface area contributed by atoms with Crippen LogP contribution in [0.25, 0.3) is 0 Å². The van der Waals surface area contributed by atoms with Gasteiger partial charge in [-0.25, -0.2) is 0 Å². The zero-order chi connectivity index (χ0) is 20.6. The third kappa shape index (κ3) is 5.18. The van der Waals surface area contributed by atoms with Crippen LogP contribution in [0.15, 0.2) is 33.8 Å². The number of aliphatic imine (C=N–C) groups is 1. The molecule has 0 saturated carbocycles. The first-order chi connectivity index (χ1) is 14.2. The quantitative estimate of drug-likeness (QED) is 0.528. The third-order valence-electron chi connectivity index (χ3n) is 5.92. The Morgan fingerprint density at radius 3 is 2.66 bits per heavy atom. The molecular formula is C23H35N5O. The summed E-state index contributed by atoms with van der Waals surface area (Å²) in [4.78, 5) is 7.00. The van der Waals surface area contributed by atoms with Gasteiger partial charge in [0.05, 0.1) is 5.69 Å². The fraction of sp³-hybridized carbons (Fsp3) is 0.565. The van der Waals surface area contributed by atoms with E-state index < -0.39 is 0 Å². The van der Waals surface area contributed by atoms with Gasteiger partial charge in [0.25, 0.3) is 0 Å². The number of fused-ring (bicyclic) bond motifs is 1. The molecule has 29 heavy (non-hydrogen) atoms. The van der Waals surface area contributed by atoms with E-state index in [1.54, 1.807) is 0 Å². The number of guanidine groups is 1. The maximum absolute atomic E-state index is 5.47. The molecule has 3 rings (SSSR count). The van der Waals surface area contributed by atoms with E-state index >= 15 is 0 Å². The second-order valence-electron chi connectivity index (χ2n) is 7.60. The summed E-state index contributed by atoms with van der Waals surface area (Å²) in [5, 5.41) is 11.2. The van der Waals surface area contributed by atoms with Crippen molar-refractivity contribution in [3.8, 4) is 0 Å². The van der Waals surface area contributed by atoms with Crippen molar-refractivity contribution >= 4 is 5.96 Å². The molecule has 0 saturated heterocycles. The molecular weight excluding hydrogens is 362 g/mol. The van der Waals surface area contributed by atoms with E-state index in [0.29, 0.717) is 12.6 Å². The largest absolute Gasteiger partial charge is 0.361 e. The number of hydrogen-bond donors (Lipinski definition) is 2. The zero-order valence-corrected chi connectivity index (χ0v) is 18.3. The molecule has 2 heterocycles. The third-order valence-corrected chi connectivity index (χ3v) is 5.92. The van der Waals surface area contributed by atoms with Gasteiger partial charge in [-0.05, 0) is 30.4 Å². The highest BCUT2D eigenvalue weighted by molar-refractivity contribution is 5.79. The van der Waals surface area contributed by atoms with Crippen LogP contribution in [-0.2, 0) is 32.4 Å². The van der Waals surface area contributed by atoms with Gasteiger partial charge in [-0.3, -0.25) is 9.89 Å². The number of aromatic nitrogens is 1. The summed E-state index contributed by atoms with van der Waals surface area (Å²) in [6.45, 7) is 10.2. The van der Waals surface area contributed by atoms with Crippen molar-refractivity contribution in [1.29, 1.82) is 0 Å². The maximum Gasteiger partial charge on any atom is 0.191 e. The van der Waals surface area contributed by atoms with Crippen molar-refractivity contribution in [1.82, 2.24) is 20.7 Å². The van der Waals surface area contributed by atoms with Crippen LogP contribution < -0.4 is 10.6 Å². The van der Waals surface area contributed by atoms with Crippen LogP contribution in [0.3, 0.4) is 0 Å². The monoisotopic (exact) mass is 397 g/mol. The highest BCUT2D eigenvalue weighted by Crippen LogP contribution is 2.21. The number of nitrogens with zero attached hydrogens (tertiary/aromatic N) is 3. The van der Waals surface area contributed by atoms with E-state index in [4.69, 9.17) is 4.52 Å². The van der Waals surface area contributed by atoms with Crippen molar-refractivity contribution < 1.29 is 4.52 Å². The fourth-order valence-corrected chi connectivity index (χ4v) is 4.11. The first-order valence-corrected chi connectivity index (χ1v) is 10.9. The molecule has 158 valence electrons. The molecule has 0 fully saturated rings. The van der Waals surface area contributed by atoms with Crippen LogP contribution in [0.2, 0.25) is 0 Å². The second-order valence-corrected chi connectivity index (χ2v) is 7.60. The van der Waals surface area contributed by atoms with Crippen molar-refractivity contribution in [2.24, 2.45) is 4.99 Å². The molecule has 0 radical (unpaired) electrons. The molecule has 0 aliphatic carbocycles. The number of nitrogens with one attached hydrogen (secondary N) is 2. The Bertz CT molecular complexity index is 792. The highest BCUT2D eigenvalue weighted by atomic mass is 16.5. The van der Waals surface area contributed by atoms with Crippen molar-refractivity contribution in [3.63, 3.8) is 0 Å². The Labute approximate surface area is 174 Å². The van der Waals surface area contributed by atoms with E-state index in [0.717, 1.165) is 68.3 Å². The normalized spacial score (nSPS) is 15.8. The Morgan fingerprint density at radius 1 is 1.17 bits per heavy atom. The fourth-order valence-electron chi connectivity index (χ4n) is 4.11. The maximum atomic E-state index is 5.47. The van der Waals surface area contributed by atoms with Crippen LogP contribution in [-0.4, -0.2) is 42.2 Å². The minimum absolute atomic E-state index is 0.481. The lowest BCUT2D eigenvalue weighted by Crippen LogP contribution is -2.48. The van der Waals surface area contributed by atoms with Crippen LogP contribution in [0, 0.1) is 0 Å². The molecule has 1 aliphatic rings. The van der Waals surface area contributed by atoms with E-state index in [1.165, 1.54) is 11.1 Å². The first-order valence-electron chi connectivity index (χ1n) is 10.9. The molecule has 0 amide bonds. The van der Waals surface area contributed by atoms with E-state index in [1.807, 2.05) is 7.05 Å². The molecule has 1 aromatic heterocycles. The summed E-state index contributed by atoms with van der Waals surface area (Å²) in [5.41, 5.74) is 5.16. The van der Waals surface area contributed by atoms with Crippen LogP contribution in [0.1, 0.15) is 55.3 Å². The summed E-state index contributed by atoms with van der Waals surface area (Å²) in [5.74, 6) is 1.79. The number of hydrogen-bond acceptors (Lipinski definition) is 4. The molecule has 6 nitrogen and oxygen atoms in total. The number of benzene rings is 1. The molecule has 1 atom stereocenters. The Hall–Kier alpha value is -2.34. The highest BCUT2D eigenvalue weighted by Gasteiger charge is 2.22. The van der Waals surface area contributed by atoms with Gasteiger partial charge < -0.3 is 15.2 Å². The molecule has 1 unspecified atom stereocenters. The van der Waals surface area contributed by atoms with Gasteiger partial charge in [-0.15, -0.1) is 0 Å². The molecule has 0 bridgehead atoms. The molecule has 1 aliphatic heterocycles. The molecule has 2 N–H and O–H groups in total. The molecule has 2 aromatic rings. The minimum atomic E-state index is 0.481. The number of rotatable bonds is 8. The Balaban J connectivity index is 1.55. The van der Waals surface area contributed by atoms with Gasteiger partial charge in [0.1, 0.15) is 5.76 Å². The summed E-state index contributed by atoms with van der Waals surface area (Å²) >= 11 is 0. The lowest BCUT2D eigenvalue weighted by molar-refractivity contribution is 0.174. The topological polar surface area (TPSA) is 65.7 Å². The van der Waals surface area contributed by atoms with Gasteiger partial charge in [0, 0.05) is 51.3 Å². The predicted molar refractivity (Wildman–Crippen MR) is 118 cm³/mol. The lowest BCUT2D eigenvalue weighted by atomic mass is 9.98. The number of aryl methyl sites for hydroxylation is 2. The minimum Gasteiger partial charge on any atom is -0.361 e. The predicted octanol–water partition coefficient (Wildman–Crippen LogP) is 3.30. The summed E-state index contributed by atoms with van der Waals surface area (Å²) in [7, 11) is 1.82. The first kappa shape index (κ1) is 21.4. The van der Waals surface area contributed by atoms with Crippen molar-refractivity contribution in [2.75, 3.05) is 20.1 Å². The van der Waals surface area contributed by atoms with Crippen LogP contribution >= 0.6 is 0 Å².